The van der Waals surface area contributed by atoms with Gasteiger partial charge in [-0.2, -0.15) is 0 Å². The Morgan fingerprint density at radius 2 is 1.76 bits per heavy atom. The molecule has 3 amide bonds. The van der Waals surface area contributed by atoms with Gasteiger partial charge in [-0.25, -0.2) is 0 Å². The van der Waals surface area contributed by atoms with Crippen molar-refractivity contribution in [3.05, 3.63) is 65.7 Å². The minimum absolute atomic E-state index is 0.0990. The third-order valence-electron chi connectivity index (χ3n) is 4.90. The number of carbonyl (C=O) groups is 3. The van der Waals surface area contributed by atoms with E-state index in [-0.39, 0.29) is 17.7 Å². The average molecular weight is 393 g/mol. The van der Waals surface area contributed by atoms with Gasteiger partial charge in [-0.15, -0.1) is 0 Å². The monoisotopic (exact) mass is 393 g/mol. The molecule has 0 radical (unpaired) electrons. The number of hydrogen-bond donors (Lipinski definition) is 2. The van der Waals surface area contributed by atoms with Gasteiger partial charge in [0.2, 0.25) is 5.91 Å². The van der Waals surface area contributed by atoms with Gasteiger partial charge in [-0.1, -0.05) is 38.1 Å². The summed E-state index contributed by atoms with van der Waals surface area (Å²) >= 11 is 0. The van der Waals surface area contributed by atoms with Crippen molar-refractivity contribution >= 4 is 23.4 Å². The zero-order valence-electron chi connectivity index (χ0n) is 16.9. The third-order valence-corrected chi connectivity index (χ3v) is 4.90. The van der Waals surface area contributed by atoms with E-state index >= 15 is 0 Å². The van der Waals surface area contributed by atoms with E-state index in [0.29, 0.717) is 42.2 Å². The fourth-order valence-corrected chi connectivity index (χ4v) is 3.39. The molecule has 0 bridgehead atoms. The van der Waals surface area contributed by atoms with E-state index in [9.17, 15) is 14.4 Å². The highest BCUT2D eigenvalue weighted by molar-refractivity contribution is 6.05. The highest BCUT2D eigenvalue weighted by Gasteiger charge is 2.34. The fraction of sp³-hybridized carbons (Fsp3) is 0.348. The first kappa shape index (κ1) is 20.6. The molecule has 6 nitrogen and oxygen atoms in total. The number of nitrogens with one attached hydrogen (secondary N) is 2. The van der Waals surface area contributed by atoms with Gasteiger partial charge in [-0.3, -0.25) is 14.4 Å². The van der Waals surface area contributed by atoms with Crippen molar-refractivity contribution in [2.75, 3.05) is 18.4 Å². The predicted octanol–water partition coefficient (Wildman–Crippen LogP) is 3.32. The van der Waals surface area contributed by atoms with Crippen molar-refractivity contribution in [3.8, 4) is 0 Å². The average Bonchev–Trinajstić information content (AvgIpc) is 3.22. The van der Waals surface area contributed by atoms with Crippen LogP contribution in [0.1, 0.15) is 47.4 Å². The van der Waals surface area contributed by atoms with E-state index in [2.05, 4.69) is 10.6 Å². The van der Waals surface area contributed by atoms with E-state index in [4.69, 9.17) is 0 Å². The molecule has 1 aliphatic rings. The van der Waals surface area contributed by atoms with Crippen LogP contribution in [0.5, 0.6) is 0 Å². The molecular weight excluding hydrogens is 366 g/mol. The Hall–Kier alpha value is -3.15. The summed E-state index contributed by atoms with van der Waals surface area (Å²) in [6, 6.07) is 15.3. The molecule has 1 unspecified atom stereocenters. The second kappa shape index (κ2) is 9.37. The van der Waals surface area contributed by atoms with Crippen molar-refractivity contribution in [2.45, 2.75) is 32.7 Å². The Kier molecular flexibility index (Phi) is 6.65. The van der Waals surface area contributed by atoms with E-state index < -0.39 is 6.04 Å². The van der Waals surface area contributed by atoms with Gasteiger partial charge in [0.1, 0.15) is 6.04 Å². The second-order valence-electron chi connectivity index (χ2n) is 7.70. The van der Waals surface area contributed by atoms with Crippen LogP contribution < -0.4 is 10.6 Å². The van der Waals surface area contributed by atoms with Crippen LogP contribution >= 0.6 is 0 Å². The summed E-state index contributed by atoms with van der Waals surface area (Å²) in [4.78, 5) is 39.5. The number of carbonyl (C=O) groups excluding carboxylic acids is 3. The van der Waals surface area contributed by atoms with Gasteiger partial charge in [0.05, 0.1) is 0 Å². The highest BCUT2D eigenvalue weighted by Crippen LogP contribution is 2.22. The summed E-state index contributed by atoms with van der Waals surface area (Å²) in [5, 5.41) is 5.75. The molecule has 2 aromatic rings. The van der Waals surface area contributed by atoms with E-state index in [0.717, 1.165) is 6.42 Å². The summed E-state index contributed by atoms with van der Waals surface area (Å²) in [5.41, 5.74) is 1.55. The van der Waals surface area contributed by atoms with Gasteiger partial charge >= 0.3 is 0 Å². The van der Waals surface area contributed by atoms with E-state index in [1.165, 1.54) is 0 Å². The summed E-state index contributed by atoms with van der Waals surface area (Å²) in [5.74, 6) is -0.169. The van der Waals surface area contributed by atoms with E-state index in [1.54, 1.807) is 53.4 Å². The molecule has 3 rings (SSSR count). The molecule has 1 saturated heterocycles. The Morgan fingerprint density at radius 3 is 2.48 bits per heavy atom. The maximum atomic E-state index is 13.0. The van der Waals surface area contributed by atoms with Gasteiger partial charge in [-0.05, 0) is 49.1 Å². The van der Waals surface area contributed by atoms with Gasteiger partial charge in [0, 0.05) is 29.9 Å². The van der Waals surface area contributed by atoms with Crippen LogP contribution in [-0.2, 0) is 4.79 Å². The fourth-order valence-electron chi connectivity index (χ4n) is 3.39. The zero-order chi connectivity index (χ0) is 20.8. The first-order valence-corrected chi connectivity index (χ1v) is 10.0. The van der Waals surface area contributed by atoms with Crippen LogP contribution in [0.25, 0.3) is 0 Å². The van der Waals surface area contributed by atoms with Gasteiger partial charge < -0.3 is 15.5 Å². The second-order valence-corrected chi connectivity index (χ2v) is 7.70. The molecule has 0 saturated carbocycles. The van der Waals surface area contributed by atoms with Crippen LogP contribution in [0, 0.1) is 5.92 Å². The molecule has 152 valence electrons. The zero-order valence-corrected chi connectivity index (χ0v) is 16.9. The topological polar surface area (TPSA) is 78.5 Å². The van der Waals surface area contributed by atoms with Crippen LogP contribution in [-0.4, -0.2) is 41.8 Å². The molecular formula is C23H27N3O3. The Balaban J connectivity index is 1.70. The molecule has 6 heteroatoms. The van der Waals surface area contributed by atoms with Crippen molar-refractivity contribution in [3.63, 3.8) is 0 Å². The first-order valence-electron chi connectivity index (χ1n) is 10.0. The molecule has 1 atom stereocenters. The summed E-state index contributed by atoms with van der Waals surface area (Å²) in [6.07, 6.45) is 1.47. The van der Waals surface area contributed by atoms with Crippen LogP contribution in [0.2, 0.25) is 0 Å². The lowest BCUT2D eigenvalue weighted by atomic mass is 10.1. The molecule has 1 fully saturated rings. The molecule has 29 heavy (non-hydrogen) atoms. The Bertz CT molecular complexity index is 880. The van der Waals surface area contributed by atoms with Gasteiger partial charge in [0.15, 0.2) is 0 Å². The van der Waals surface area contributed by atoms with Crippen molar-refractivity contribution < 1.29 is 14.4 Å². The minimum atomic E-state index is -0.441. The van der Waals surface area contributed by atoms with Crippen LogP contribution in [0.3, 0.4) is 0 Å². The molecule has 1 aliphatic heterocycles. The van der Waals surface area contributed by atoms with Crippen LogP contribution in [0.15, 0.2) is 54.6 Å². The number of benzene rings is 2. The largest absolute Gasteiger partial charge is 0.354 e. The predicted molar refractivity (Wildman–Crippen MR) is 113 cm³/mol. The number of anilines is 1. The molecule has 0 aromatic heterocycles. The van der Waals surface area contributed by atoms with Crippen molar-refractivity contribution in [2.24, 2.45) is 5.92 Å². The maximum absolute atomic E-state index is 13.0. The standard InChI is InChI=1S/C23H27N3O3/c1-16(2)15-24-22(28)20-12-7-13-26(20)23(29)18-10-6-11-19(14-18)25-21(27)17-8-4-3-5-9-17/h3-6,8-11,14,16,20H,7,12-13,15H2,1-2H3,(H,24,28)(H,25,27). The first-order chi connectivity index (χ1) is 14.0. The lowest BCUT2D eigenvalue weighted by Crippen LogP contribution is -2.46. The quantitative estimate of drug-likeness (QED) is 0.790. The SMILES string of the molecule is CC(C)CNC(=O)C1CCCN1C(=O)c1cccc(NC(=O)c2ccccc2)c1. The third kappa shape index (κ3) is 5.22. The number of hydrogen-bond acceptors (Lipinski definition) is 3. The Labute approximate surface area is 171 Å². The highest BCUT2D eigenvalue weighted by atomic mass is 16.2. The minimum Gasteiger partial charge on any atom is -0.354 e. The molecule has 0 spiro atoms. The number of amides is 3. The number of nitrogens with zero attached hydrogens (tertiary/aromatic N) is 1. The molecule has 0 aliphatic carbocycles. The smallest absolute Gasteiger partial charge is 0.255 e. The van der Waals surface area contributed by atoms with Crippen molar-refractivity contribution in [1.29, 1.82) is 0 Å². The lowest BCUT2D eigenvalue weighted by molar-refractivity contribution is -0.125. The van der Waals surface area contributed by atoms with E-state index in [1.807, 2.05) is 19.9 Å². The molecule has 2 aromatic carbocycles. The maximum Gasteiger partial charge on any atom is 0.255 e. The summed E-state index contributed by atoms with van der Waals surface area (Å²) in [7, 11) is 0. The normalized spacial score (nSPS) is 16.0. The summed E-state index contributed by atoms with van der Waals surface area (Å²) < 4.78 is 0. The van der Waals surface area contributed by atoms with Crippen molar-refractivity contribution in [1.82, 2.24) is 10.2 Å². The number of rotatable bonds is 6. The van der Waals surface area contributed by atoms with Crippen LogP contribution in [0.4, 0.5) is 5.69 Å². The summed E-state index contributed by atoms with van der Waals surface area (Å²) in [6.45, 7) is 5.22. The molecule has 1 heterocycles. The molecule has 2 N–H and O–H groups in total. The Morgan fingerprint density at radius 1 is 1.03 bits per heavy atom. The lowest BCUT2D eigenvalue weighted by Gasteiger charge is -2.24. The number of likely N-dealkylation sites (tertiary alicyclic amines) is 1. The van der Waals surface area contributed by atoms with Gasteiger partial charge in [0.25, 0.3) is 11.8 Å².